The van der Waals surface area contributed by atoms with Gasteiger partial charge in [0.25, 0.3) is 5.91 Å². The lowest BCUT2D eigenvalue weighted by Gasteiger charge is -2.06. The highest BCUT2D eigenvalue weighted by molar-refractivity contribution is 5.77. The van der Waals surface area contributed by atoms with Gasteiger partial charge in [0.1, 0.15) is 11.4 Å². The van der Waals surface area contributed by atoms with Gasteiger partial charge < -0.3 is 14.5 Å². The van der Waals surface area contributed by atoms with E-state index in [1.807, 2.05) is 67.0 Å². The lowest BCUT2D eigenvalue weighted by molar-refractivity contribution is -0.123. The molecule has 1 amide bonds. The van der Waals surface area contributed by atoms with E-state index in [9.17, 15) is 4.79 Å². The highest BCUT2D eigenvalue weighted by Gasteiger charge is 2.06. The summed E-state index contributed by atoms with van der Waals surface area (Å²) in [6.45, 7) is 4.42. The highest BCUT2D eigenvalue weighted by atomic mass is 16.5. The van der Waals surface area contributed by atoms with Crippen LogP contribution in [0.4, 0.5) is 0 Å². The predicted molar refractivity (Wildman–Crippen MR) is 88.4 cm³/mol. The van der Waals surface area contributed by atoms with Gasteiger partial charge in [0.05, 0.1) is 12.2 Å². The average Bonchev–Trinajstić information content (AvgIpc) is 2.94. The maximum Gasteiger partial charge on any atom is 0.258 e. The number of pyridine rings is 1. The van der Waals surface area contributed by atoms with Crippen LogP contribution in [0.3, 0.4) is 0 Å². The number of imidazole rings is 1. The SMILES string of the molecule is Cc1ccc(OCC(=O)NCc2cn3cc(C)ccc3n2)cc1. The van der Waals surface area contributed by atoms with E-state index < -0.39 is 0 Å². The number of fused-ring (bicyclic) bond motifs is 1. The normalized spacial score (nSPS) is 10.7. The molecule has 0 saturated carbocycles. The molecule has 1 aromatic carbocycles. The van der Waals surface area contributed by atoms with Crippen molar-refractivity contribution in [1.82, 2.24) is 14.7 Å². The van der Waals surface area contributed by atoms with Crippen molar-refractivity contribution in [2.75, 3.05) is 6.61 Å². The van der Waals surface area contributed by atoms with E-state index in [1.54, 1.807) is 0 Å². The van der Waals surface area contributed by atoms with Gasteiger partial charge in [0.15, 0.2) is 6.61 Å². The van der Waals surface area contributed by atoms with Crippen LogP contribution in [0.2, 0.25) is 0 Å². The van der Waals surface area contributed by atoms with Gasteiger partial charge in [-0.25, -0.2) is 4.98 Å². The van der Waals surface area contributed by atoms with Gasteiger partial charge in [-0.2, -0.15) is 0 Å². The Labute approximate surface area is 134 Å². The van der Waals surface area contributed by atoms with Crippen LogP contribution in [0.25, 0.3) is 5.65 Å². The second-order valence-electron chi connectivity index (χ2n) is 5.58. The zero-order chi connectivity index (χ0) is 16.2. The van der Waals surface area contributed by atoms with E-state index in [-0.39, 0.29) is 12.5 Å². The van der Waals surface area contributed by atoms with Gasteiger partial charge in [-0.1, -0.05) is 23.8 Å². The fraction of sp³-hybridized carbons (Fsp3) is 0.222. The van der Waals surface area contributed by atoms with Crippen LogP contribution < -0.4 is 10.1 Å². The predicted octanol–water partition coefficient (Wildman–Crippen LogP) is 2.65. The number of benzene rings is 1. The molecule has 3 rings (SSSR count). The van der Waals surface area contributed by atoms with Crippen LogP contribution in [-0.4, -0.2) is 21.9 Å². The van der Waals surface area contributed by atoms with Crippen molar-refractivity contribution in [3.05, 3.63) is 65.6 Å². The minimum absolute atomic E-state index is 0.00442. The third-order valence-corrected chi connectivity index (χ3v) is 3.51. The van der Waals surface area contributed by atoms with Crippen molar-refractivity contribution in [2.24, 2.45) is 0 Å². The molecule has 0 bridgehead atoms. The number of nitrogens with zero attached hydrogens (tertiary/aromatic N) is 2. The molecule has 2 heterocycles. The molecule has 0 spiro atoms. The van der Waals surface area contributed by atoms with E-state index in [0.29, 0.717) is 12.3 Å². The zero-order valence-corrected chi connectivity index (χ0v) is 13.2. The van der Waals surface area contributed by atoms with Crippen LogP contribution in [0, 0.1) is 13.8 Å². The zero-order valence-electron chi connectivity index (χ0n) is 13.2. The van der Waals surface area contributed by atoms with Gasteiger partial charge in [-0.05, 0) is 37.6 Å². The van der Waals surface area contributed by atoms with Crippen molar-refractivity contribution in [1.29, 1.82) is 0 Å². The first kappa shape index (κ1) is 15.1. The number of carbonyl (C=O) groups is 1. The topological polar surface area (TPSA) is 55.6 Å². The lowest BCUT2D eigenvalue weighted by Crippen LogP contribution is -2.28. The standard InChI is InChI=1S/C18H19N3O2/c1-13-3-6-16(7-4-13)23-12-18(22)19-9-15-11-21-10-14(2)5-8-17(21)20-15/h3-8,10-11H,9,12H2,1-2H3,(H,19,22). The smallest absolute Gasteiger partial charge is 0.258 e. The Bertz CT molecular complexity index is 822. The molecular weight excluding hydrogens is 290 g/mol. The molecule has 3 aromatic rings. The number of rotatable bonds is 5. The van der Waals surface area contributed by atoms with E-state index in [0.717, 1.165) is 22.5 Å². The summed E-state index contributed by atoms with van der Waals surface area (Å²) in [6, 6.07) is 11.6. The molecule has 0 aliphatic carbocycles. The van der Waals surface area contributed by atoms with Gasteiger partial charge >= 0.3 is 0 Å². The number of carbonyl (C=O) groups excluding carboxylic acids is 1. The van der Waals surface area contributed by atoms with Crippen LogP contribution in [0.1, 0.15) is 16.8 Å². The van der Waals surface area contributed by atoms with E-state index >= 15 is 0 Å². The summed E-state index contributed by atoms with van der Waals surface area (Å²) in [5.74, 6) is 0.521. The van der Waals surface area contributed by atoms with Crippen molar-refractivity contribution in [3.8, 4) is 5.75 Å². The molecule has 118 valence electrons. The minimum Gasteiger partial charge on any atom is -0.484 e. The fourth-order valence-electron chi connectivity index (χ4n) is 2.26. The Hall–Kier alpha value is -2.82. The number of hydrogen-bond acceptors (Lipinski definition) is 3. The average molecular weight is 309 g/mol. The monoisotopic (exact) mass is 309 g/mol. The first-order valence-electron chi connectivity index (χ1n) is 7.50. The summed E-state index contributed by atoms with van der Waals surface area (Å²) < 4.78 is 7.41. The molecule has 1 N–H and O–H groups in total. The van der Waals surface area contributed by atoms with Crippen LogP contribution in [-0.2, 0) is 11.3 Å². The first-order valence-corrected chi connectivity index (χ1v) is 7.50. The van der Waals surface area contributed by atoms with Gasteiger partial charge in [-0.15, -0.1) is 0 Å². The van der Waals surface area contributed by atoms with Crippen LogP contribution >= 0.6 is 0 Å². The molecule has 0 saturated heterocycles. The van der Waals surface area contributed by atoms with Crippen molar-refractivity contribution in [2.45, 2.75) is 20.4 Å². The Morgan fingerprint density at radius 1 is 1.09 bits per heavy atom. The molecule has 0 radical (unpaired) electrons. The second kappa shape index (κ2) is 6.52. The number of aryl methyl sites for hydroxylation is 2. The van der Waals surface area contributed by atoms with E-state index in [1.165, 1.54) is 0 Å². The Kier molecular flexibility index (Phi) is 4.28. The number of ether oxygens (including phenoxy) is 1. The fourth-order valence-corrected chi connectivity index (χ4v) is 2.26. The third kappa shape index (κ3) is 3.88. The molecule has 0 atom stereocenters. The number of amides is 1. The third-order valence-electron chi connectivity index (χ3n) is 3.51. The first-order chi connectivity index (χ1) is 11.1. The van der Waals surface area contributed by atoms with Gasteiger partial charge in [0.2, 0.25) is 0 Å². The summed E-state index contributed by atoms with van der Waals surface area (Å²) >= 11 is 0. The largest absolute Gasteiger partial charge is 0.484 e. The maximum absolute atomic E-state index is 11.9. The summed E-state index contributed by atoms with van der Waals surface area (Å²) in [5, 5.41) is 2.82. The maximum atomic E-state index is 11.9. The minimum atomic E-state index is -0.168. The highest BCUT2D eigenvalue weighted by Crippen LogP contribution is 2.11. The molecule has 23 heavy (non-hydrogen) atoms. The molecular formula is C18H19N3O2. The molecule has 2 aromatic heterocycles. The number of hydrogen-bond donors (Lipinski definition) is 1. The summed E-state index contributed by atoms with van der Waals surface area (Å²) in [6.07, 6.45) is 3.93. The van der Waals surface area contributed by atoms with Gasteiger partial charge in [0, 0.05) is 12.4 Å². The summed E-state index contributed by atoms with van der Waals surface area (Å²) in [4.78, 5) is 16.3. The summed E-state index contributed by atoms with van der Waals surface area (Å²) in [7, 11) is 0. The van der Waals surface area contributed by atoms with Crippen molar-refractivity contribution < 1.29 is 9.53 Å². The Morgan fingerprint density at radius 2 is 1.83 bits per heavy atom. The molecule has 5 heteroatoms. The van der Waals surface area contributed by atoms with Crippen molar-refractivity contribution in [3.63, 3.8) is 0 Å². The molecule has 0 fully saturated rings. The quantitative estimate of drug-likeness (QED) is 0.788. The Morgan fingerprint density at radius 3 is 2.61 bits per heavy atom. The second-order valence-corrected chi connectivity index (χ2v) is 5.58. The molecule has 0 aliphatic rings. The van der Waals surface area contributed by atoms with Crippen LogP contribution in [0.5, 0.6) is 5.75 Å². The van der Waals surface area contributed by atoms with Gasteiger partial charge in [-0.3, -0.25) is 4.79 Å². The lowest BCUT2D eigenvalue weighted by atomic mass is 10.2. The number of aromatic nitrogens is 2. The summed E-state index contributed by atoms with van der Waals surface area (Å²) in [5.41, 5.74) is 4.01. The van der Waals surface area contributed by atoms with Crippen LogP contribution in [0.15, 0.2) is 48.8 Å². The van der Waals surface area contributed by atoms with E-state index in [4.69, 9.17) is 4.74 Å². The molecule has 0 aliphatic heterocycles. The molecule has 0 unspecified atom stereocenters. The Balaban J connectivity index is 1.52. The molecule has 5 nitrogen and oxygen atoms in total. The number of nitrogens with one attached hydrogen (secondary N) is 1. The van der Waals surface area contributed by atoms with Crippen molar-refractivity contribution >= 4 is 11.6 Å². The van der Waals surface area contributed by atoms with E-state index in [2.05, 4.69) is 10.3 Å².